The Bertz CT molecular complexity index is 510. The highest BCUT2D eigenvalue weighted by atomic mass is 35.5. The van der Waals surface area contributed by atoms with Crippen LogP contribution in [0.4, 0.5) is 0 Å². The van der Waals surface area contributed by atoms with Crippen LogP contribution < -0.4 is 5.73 Å². The molecule has 2 nitrogen and oxygen atoms in total. The molecule has 1 heterocycles. The summed E-state index contributed by atoms with van der Waals surface area (Å²) < 4.78 is 0. The number of hydrogen-bond donors (Lipinski definition) is 1. The van der Waals surface area contributed by atoms with Gasteiger partial charge in [-0.1, -0.05) is 29.9 Å². The predicted molar refractivity (Wildman–Crippen MR) is 62.6 cm³/mol. The third kappa shape index (κ3) is 1.69. The van der Waals surface area contributed by atoms with Gasteiger partial charge in [-0.3, -0.25) is 0 Å². The zero-order valence-electron chi connectivity index (χ0n) is 7.20. The van der Waals surface area contributed by atoms with Gasteiger partial charge in [0.1, 0.15) is 4.99 Å². The first kappa shape index (κ1) is 9.37. The highest BCUT2D eigenvalue weighted by Gasteiger charge is 2.00. The molecule has 1 aromatic heterocycles. The lowest BCUT2D eigenvalue weighted by molar-refractivity contribution is 1.36. The molecule has 70 valence electrons. The Morgan fingerprint density at radius 3 is 2.79 bits per heavy atom. The minimum absolute atomic E-state index is 0.307. The highest BCUT2D eigenvalue weighted by molar-refractivity contribution is 7.80. The van der Waals surface area contributed by atoms with Crippen molar-refractivity contribution in [1.82, 2.24) is 4.98 Å². The van der Waals surface area contributed by atoms with Crippen molar-refractivity contribution in [1.29, 1.82) is 0 Å². The summed E-state index contributed by atoms with van der Waals surface area (Å²) >= 11 is 10.7. The maximum absolute atomic E-state index is 5.84. The summed E-state index contributed by atoms with van der Waals surface area (Å²) in [6.45, 7) is 0. The third-order valence-corrected chi connectivity index (χ3v) is 2.35. The molecule has 1 aromatic carbocycles. The molecule has 2 rings (SSSR count). The minimum Gasteiger partial charge on any atom is -0.388 e. The lowest BCUT2D eigenvalue weighted by Crippen LogP contribution is -2.11. The smallest absolute Gasteiger partial charge is 0.122 e. The topological polar surface area (TPSA) is 38.9 Å². The summed E-state index contributed by atoms with van der Waals surface area (Å²) in [7, 11) is 0. The largest absolute Gasteiger partial charge is 0.388 e. The van der Waals surface area contributed by atoms with Gasteiger partial charge in [0.2, 0.25) is 0 Å². The Kier molecular flexibility index (Phi) is 2.35. The third-order valence-electron chi connectivity index (χ3n) is 1.90. The Morgan fingerprint density at radius 2 is 2.07 bits per heavy atom. The molecular weight excluding hydrogens is 216 g/mol. The number of nitrogens with zero attached hydrogens (tertiary/aromatic N) is 1. The van der Waals surface area contributed by atoms with Gasteiger partial charge in [0.15, 0.2) is 0 Å². The van der Waals surface area contributed by atoms with Gasteiger partial charge in [0, 0.05) is 10.4 Å². The second-order valence-corrected chi connectivity index (χ2v) is 3.77. The number of nitrogens with two attached hydrogens (primary N) is 1. The van der Waals surface area contributed by atoms with E-state index < -0.39 is 0 Å². The van der Waals surface area contributed by atoms with Crippen LogP contribution in [0.3, 0.4) is 0 Å². The van der Waals surface area contributed by atoms with E-state index >= 15 is 0 Å². The fraction of sp³-hybridized carbons (Fsp3) is 0. The minimum atomic E-state index is 0.307. The van der Waals surface area contributed by atoms with Crippen molar-refractivity contribution in [2.75, 3.05) is 0 Å². The molecule has 0 fully saturated rings. The maximum atomic E-state index is 5.84. The summed E-state index contributed by atoms with van der Waals surface area (Å²) in [5, 5.41) is 1.68. The SMILES string of the molecule is NC(=S)c1ccc2cc(Cl)ccc2n1. The van der Waals surface area contributed by atoms with Crippen LogP contribution in [0, 0.1) is 0 Å². The average molecular weight is 223 g/mol. The van der Waals surface area contributed by atoms with Crippen LogP contribution in [0.25, 0.3) is 10.9 Å². The summed E-state index contributed by atoms with van der Waals surface area (Å²) in [6, 6.07) is 9.19. The number of halogens is 1. The van der Waals surface area contributed by atoms with Gasteiger partial charge >= 0.3 is 0 Å². The average Bonchev–Trinajstić information content (AvgIpc) is 2.16. The van der Waals surface area contributed by atoms with E-state index in [2.05, 4.69) is 4.98 Å². The fourth-order valence-corrected chi connectivity index (χ4v) is 1.53. The lowest BCUT2D eigenvalue weighted by Gasteiger charge is -2.00. The van der Waals surface area contributed by atoms with Crippen molar-refractivity contribution in [2.24, 2.45) is 5.73 Å². The highest BCUT2D eigenvalue weighted by Crippen LogP contribution is 2.17. The van der Waals surface area contributed by atoms with Crippen LogP contribution >= 0.6 is 23.8 Å². The molecule has 0 amide bonds. The Balaban J connectivity index is 2.67. The number of fused-ring (bicyclic) bond motifs is 1. The van der Waals surface area contributed by atoms with Crippen molar-refractivity contribution >= 4 is 39.7 Å². The first-order chi connectivity index (χ1) is 6.66. The summed E-state index contributed by atoms with van der Waals surface area (Å²) in [5.74, 6) is 0. The van der Waals surface area contributed by atoms with Crippen molar-refractivity contribution in [3.05, 3.63) is 41.0 Å². The molecule has 0 saturated heterocycles. The fourth-order valence-electron chi connectivity index (χ4n) is 1.23. The molecule has 0 aliphatic carbocycles. The van der Waals surface area contributed by atoms with Crippen molar-refractivity contribution < 1.29 is 0 Å². The standard InChI is InChI=1S/C10H7ClN2S/c11-7-2-4-8-6(5-7)1-3-9(13-8)10(12)14/h1-5H,(H2,12,14). The van der Waals surface area contributed by atoms with E-state index in [9.17, 15) is 0 Å². The van der Waals surface area contributed by atoms with Crippen molar-refractivity contribution in [2.45, 2.75) is 0 Å². The van der Waals surface area contributed by atoms with Crippen LogP contribution in [-0.4, -0.2) is 9.97 Å². The Morgan fingerprint density at radius 1 is 1.29 bits per heavy atom. The van der Waals surface area contributed by atoms with Crippen LogP contribution in [0.15, 0.2) is 30.3 Å². The molecule has 2 aromatic rings. The van der Waals surface area contributed by atoms with Crippen LogP contribution in [0.5, 0.6) is 0 Å². The Hall–Kier alpha value is -1.19. The second kappa shape index (κ2) is 3.52. The van der Waals surface area contributed by atoms with Gasteiger partial charge < -0.3 is 5.73 Å². The van der Waals surface area contributed by atoms with Crippen LogP contribution in [-0.2, 0) is 0 Å². The van der Waals surface area contributed by atoms with Crippen LogP contribution in [0.2, 0.25) is 5.02 Å². The molecule has 0 aliphatic rings. The number of pyridine rings is 1. The van der Waals surface area contributed by atoms with E-state index in [0.717, 1.165) is 10.9 Å². The van der Waals surface area contributed by atoms with Gasteiger partial charge in [0.25, 0.3) is 0 Å². The molecule has 0 atom stereocenters. The molecule has 0 bridgehead atoms. The molecule has 14 heavy (non-hydrogen) atoms. The van der Waals surface area contributed by atoms with Crippen molar-refractivity contribution in [3.8, 4) is 0 Å². The molecule has 0 spiro atoms. The molecule has 0 aliphatic heterocycles. The zero-order valence-corrected chi connectivity index (χ0v) is 8.77. The number of rotatable bonds is 1. The molecule has 0 saturated carbocycles. The molecule has 2 N–H and O–H groups in total. The molecule has 4 heteroatoms. The maximum Gasteiger partial charge on any atom is 0.122 e. The van der Waals surface area contributed by atoms with E-state index in [0.29, 0.717) is 15.7 Å². The van der Waals surface area contributed by atoms with Gasteiger partial charge in [-0.05, 0) is 24.3 Å². The second-order valence-electron chi connectivity index (χ2n) is 2.90. The Labute approximate surface area is 91.7 Å². The number of thiocarbonyl (C=S) groups is 1. The zero-order chi connectivity index (χ0) is 10.1. The molecule has 0 radical (unpaired) electrons. The normalized spacial score (nSPS) is 10.4. The number of hydrogen-bond acceptors (Lipinski definition) is 2. The predicted octanol–water partition coefficient (Wildman–Crippen LogP) is 2.52. The monoisotopic (exact) mass is 222 g/mol. The van der Waals surface area contributed by atoms with Gasteiger partial charge in [-0.2, -0.15) is 0 Å². The van der Waals surface area contributed by atoms with Gasteiger partial charge in [0.05, 0.1) is 11.2 Å². The number of benzene rings is 1. The molecule has 0 unspecified atom stereocenters. The first-order valence-corrected chi connectivity index (χ1v) is 4.81. The van der Waals surface area contributed by atoms with E-state index in [-0.39, 0.29) is 0 Å². The van der Waals surface area contributed by atoms with Gasteiger partial charge in [-0.25, -0.2) is 4.98 Å². The summed E-state index contributed by atoms with van der Waals surface area (Å²) in [6.07, 6.45) is 0. The van der Waals surface area contributed by atoms with Gasteiger partial charge in [-0.15, -0.1) is 0 Å². The van der Waals surface area contributed by atoms with E-state index in [1.807, 2.05) is 18.2 Å². The quantitative estimate of drug-likeness (QED) is 0.754. The lowest BCUT2D eigenvalue weighted by atomic mass is 10.2. The molecular formula is C10H7ClN2S. The van der Waals surface area contributed by atoms with E-state index in [1.54, 1.807) is 12.1 Å². The van der Waals surface area contributed by atoms with Crippen molar-refractivity contribution in [3.63, 3.8) is 0 Å². The van der Waals surface area contributed by atoms with E-state index in [1.165, 1.54) is 0 Å². The van der Waals surface area contributed by atoms with E-state index in [4.69, 9.17) is 29.6 Å². The summed E-state index contributed by atoms with van der Waals surface area (Å²) in [4.78, 5) is 4.60. The first-order valence-electron chi connectivity index (χ1n) is 4.03. The number of aromatic nitrogens is 1. The van der Waals surface area contributed by atoms with Crippen LogP contribution in [0.1, 0.15) is 5.69 Å². The summed E-state index contributed by atoms with van der Waals surface area (Å²) in [5.41, 5.74) is 6.96.